The number of carbonyl (C=O) groups excluding carboxylic acids is 2. The molecule has 106 valence electrons. The fraction of sp³-hybridized carbons (Fsp3) is 0.429. The molecule has 0 fully saturated rings. The number of nitriles is 1. The second-order valence-corrected chi connectivity index (χ2v) is 5.18. The van der Waals surface area contributed by atoms with Crippen molar-refractivity contribution in [1.82, 2.24) is 10.3 Å². The molecule has 1 aromatic rings. The van der Waals surface area contributed by atoms with Gasteiger partial charge >= 0.3 is 6.09 Å². The average Bonchev–Trinajstić information content (AvgIpc) is 2.36. The molecule has 20 heavy (non-hydrogen) atoms. The van der Waals surface area contributed by atoms with Gasteiger partial charge in [-0.25, -0.2) is 9.78 Å². The zero-order valence-electron chi connectivity index (χ0n) is 11.8. The molecule has 0 radical (unpaired) electrons. The number of nitrogens with zero attached hydrogens (tertiary/aromatic N) is 2. The number of ether oxygens (including phenoxy) is 1. The number of aromatic nitrogens is 1. The van der Waals surface area contributed by atoms with Gasteiger partial charge in [-0.1, -0.05) is 0 Å². The summed E-state index contributed by atoms with van der Waals surface area (Å²) in [6.07, 6.45) is 0.492. The van der Waals surface area contributed by atoms with Crippen molar-refractivity contribution in [2.24, 2.45) is 0 Å². The second kappa shape index (κ2) is 6.66. The van der Waals surface area contributed by atoms with Gasteiger partial charge in [-0.3, -0.25) is 4.79 Å². The van der Waals surface area contributed by atoms with Gasteiger partial charge in [0.25, 0.3) is 0 Å². The molecule has 0 aromatic carbocycles. The molecule has 6 heteroatoms. The SMILES string of the molecule is CC(C)(C)OC(=O)NCCc1cc(C#N)cc(C=O)n1. The summed E-state index contributed by atoms with van der Waals surface area (Å²) in [6, 6.07) is 4.96. The molecule has 1 amide bonds. The second-order valence-electron chi connectivity index (χ2n) is 5.18. The third-order valence-corrected chi connectivity index (χ3v) is 2.20. The van der Waals surface area contributed by atoms with Crippen molar-refractivity contribution in [2.75, 3.05) is 6.54 Å². The van der Waals surface area contributed by atoms with Crippen LogP contribution in [0.15, 0.2) is 12.1 Å². The zero-order valence-corrected chi connectivity index (χ0v) is 11.8. The number of hydrogen-bond acceptors (Lipinski definition) is 5. The van der Waals surface area contributed by atoms with E-state index in [1.807, 2.05) is 6.07 Å². The van der Waals surface area contributed by atoms with Crippen molar-refractivity contribution in [1.29, 1.82) is 5.26 Å². The van der Waals surface area contributed by atoms with Crippen molar-refractivity contribution in [3.05, 3.63) is 29.1 Å². The lowest BCUT2D eigenvalue weighted by Gasteiger charge is -2.19. The van der Waals surface area contributed by atoms with Crippen molar-refractivity contribution in [2.45, 2.75) is 32.8 Å². The average molecular weight is 275 g/mol. The number of alkyl carbamates (subject to hydrolysis) is 1. The molecular formula is C14H17N3O3. The summed E-state index contributed by atoms with van der Waals surface area (Å²) in [5.41, 5.74) is 0.598. The Hall–Kier alpha value is -2.42. The van der Waals surface area contributed by atoms with Crippen LogP contribution in [0, 0.1) is 11.3 Å². The highest BCUT2D eigenvalue weighted by Gasteiger charge is 2.15. The maximum absolute atomic E-state index is 11.4. The maximum atomic E-state index is 11.4. The standard InChI is InChI=1S/C14H17N3O3/c1-14(2,3)20-13(19)16-5-4-11-6-10(8-15)7-12(9-18)17-11/h6-7,9H,4-5H2,1-3H3,(H,16,19). The molecule has 0 aliphatic rings. The van der Waals surface area contributed by atoms with E-state index in [1.165, 1.54) is 6.07 Å². The lowest BCUT2D eigenvalue weighted by atomic mass is 10.2. The molecule has 0 bridgehead atoms. The molecule has 0 saturated heterocycles. The molecule has 0 aliphatic heterocycles. The van der Waals surface area contributed by atoms with Gasteiger partial charge in [0, 0.05) is 18.7 Å². The van der Waals surface area contributed by atoms with Gasteiger partial charge < -0.3 is 10.1 Å². The van der Waals surface area contributed by atoms with E-state index in [9.17, 15) is 9.59 Å². The Bertz CT molecular complexity index is 542. The Morgan fingerprint density at radius 1 is 1.50 bits per heavy atom. The summed E-state index contributed by atoms with van der Waals surface area (Å²) in [5, 5.41) is 11.4. The molecule has 0 spiro atoms. The highest BCUT2D eigenvalue weighted by molar-refractivity contribution is 5.72. The number of pyridine rings is 1. The van der Waals surface area contributed by atoms with E-state index in [1.54, 1.807) is 26.8 Å². The number of rotatable bonds is 4. The number of nitrogens with one attached hydrogen (secondary N) is 1. The maximum Gasteiger partial charge on any atom is 0.407 e. The van der Waals surface area contributed by atoms with Gasteiger partial charge in [-0.15, -0.1) is 0 Å². The van der Waals surface area contributed by atoms with Gasteiger partial charge in [-0.05, 0) is 32.9 Å². The molecule has 1 aromatic heterocycles. The van der Waals surface area contributed by atoms with Crippen LogP contribution in [-0.4, -0.2) is 29.5 Å². The molecular weight excluding hydrogens is 258 g/mol. The van der Waals surface area contributed by atoms with E-state index in [0.717, 1.165) is 0 Å². The summed E-state index contributed by atoms with van der Waals surface area (Å²) in [6.45, 7) is 5.65. The quantitative estimate of drug-likeness (QED) is 0.846. The monoisotopic (exact) mass is 275 g/mol. The Morgan fingerprint density at radius 2 is 2.20 bits per heavy atom. The van der Waals surface area contributed by atoms with Crippen LogP contribution >= 0.6 is 0 Å². The minimum absolute atomic E-state index is 0.205. The van der Waals surface area contributed by atoms with Crippen molar-refractivity contribution >= 4 is 12.4 Å². The molecule has 0 unspecified atom stereocenters. The van der Waals surface area contributed by atoms with Gasteiger partial charge in [0.05, 0.1) is 11.6 Å². The molecule has 1 rings (SSSR count). The highest BCUT2D eigenvalue weighted by Crippen LogP contribution is 2.07. The smallest absolute Gasteiger partial charge is 0.407 e. The topological polar surface area (TPSA) is 92.1 Å². The van der Waals surface area contributed by atoms with Crippen LogP contribution in [0.5, 0.6) is 0 Å². The van der Waals surface area contributed by atoms with Gasteiger partial charge in [-0.2, -0.15) is 5.26 Å². The molecule has 0 saturated carbocycles. The predicted molar refractivity (Wildman–Crippen MR) is 72.3 cm³/mol. The van der Waals surface area contributed by atoms with Crippen LogP contribution < -0.4 is 5.32 Å². The fourth-order valence-electron chi connectivity index (χ4n) is 1.47. The third kappa shape index (κ3) is 5.48. The molecule has 1 heterocycles. The first-order valence-electron chi connectivity index (χ1n) is 6.17. The summed E-state index contributed by atoms with van der Waals surface area (Å²) in [5.74, 6) is 0. The molecule has 0 atom stereocenters. The number of amides is 1. The number of carbonyl (C=O) groups is 2. The largest absolute Gasteiger partial charge is 0.444 e. The Kier molecular flexibility index (Phi) is 5.21. The van der Waals surface area contributed by atoms with Crippen LogP contribution in [0.25, 0.3) is 0 Å². The van der Waals surface area contributed by atoms with Crippen molar-refractivity contribution in [3.63, 3.8) is 0 Å². The highest BCUT2D eigenvalue weighted by atomic mass is 16.6. The predicted octanol–water partition coefficient (Wildman–Crippen LogP) is 1.83. The first-order chi connectivity index (χ1) is 9.34. The van der Waals surface area contributed by atoms with E-state index in [4.69, 9.17) is 10.00 Å². The fourth-order valence-corrected chi connectivity index (χ4v) is 1.47. The lowest BCUT2D eigenvalue weighted by Crippen LogP contribution is -2.33. The minimum Gasteiger partial charge on any atom is -0.444 e. The summed E-state index contributed by atoms with van der Waals surface area (Å²) < 4.78 is 5.09. The first kappa shape index (κ1) is 15.6. The van der Waals surface area contributed by atoms with Gasteiger partial charge in [0.1, 0.15) is 11.3 Å². The van der Waals surface area contributed by atoms with E-state index in [-0.39, 0.29) is 5.69 Å². The van der Waals surface area contributed by atoms with E-state index in [2.05, 4.69) is 10.3 Å². The Balaban J connectivity index is 2.56. The van der Waals surface area contributed by atoms with E-state index >= 15 is 0 Å². The van der Waals surface area contributed by atoms with Gasteiger partial charge in [0.15, 0.2) is 6.29 Å². The molecule has 6 nitrogen and oxygen atoms in total. The molecule has 1 N–H and O–H groups in total. The van der Waals surface area contributed by atoms with Crippen molar-refractivity contribution in [3.8, 4) is 6.07 Å². The molecule has 0 aliphatic carbocycles. The van der Waals surface area contributed by atoms with Crippen LogP contribution in [0.2, 0.25) is 0 Å². The Morgan fingerprint density at radius 3 is 2.75 bits per heavy atom. The zero-order chi connectivity index (χ0) is 15.2. The summed E-state index contributed by atoms with van der Waals surface area (Å²) in [4.78, 5) is 26.2. The van der Waals surface area contributed by atoms with Crippen molar-refractivity contribution < 1.29 is 14.3 Å². The summed E-state index contributed by atoms with van der Waals surface area (Å²) >= 11 is 0. The third-order valence-electron chi connectivity index (χ3n) is 2.20. The van der Waals surface area contributed by atoms with Gasteiger partial charge in [0.2, 0.25) is 0 Å². The summed E-state index contributed by atoms with van der Waals surface area (Å²) in [7, 11) is 0. The normalized spacial score (nSPS) is 10.5. The van der Waals surface area contributed by atoms with E-state index in [0.29, 0.717) is 30.5 Å². The van der Waals surface area contributed by atoms with Crippen LogP contribution in [0.4, 0.5) is 4.79 Å². The van der Waals surface area contributed by atoms with Crippen LogP contribution in [0.1, 0.15) is 42.5 Å². The lowest BCUT2D eigenvalue weighted by molar-refractivity contribution is 0.0528. The van der Waals surface area contributed by atoms with E-state index < -0.39 is 11.7 Å². The number of aldehydes is 1. The minimum atomic E-state index is -0.548. The first-order valence-corrected chi connectivity index (χ1v) is 6.17. The van der Waals surface area contributed by atoms with Crippen LogP contribution in [0.3, 0.4) is 0 Å². The Labute approximate surface area is 117 Å². The van der Waals surface area contributed by atoms with Crippen LogP contribution in [-0.2, 0) is 11.2 Å². The number of hydrogen-bond donors (Lipinski definition) is 1.